The number of rotatable bonds is 0. The first-order valence-electron chi connectivity index (χ1n) is 19.1. The third-order valence-corrected chi connectivity index (χ3v) is 14.1. The molecule has 0 aromatic carbocycles. The fourth-order valence-corrected chi connectivity index (χ4v) is 10.9. The van der Waals surface area contributed by atoms with Gasteiger partial charge in [-0.25, -0.2) is 14.4 Å². The highest BCUT2D eigenvalue weighted by molar-refractivity contribution is 5.99. The van der Waals surface area contributed by atoms with E-state index >= 15 is 0 Å². The Balaban J connectivity index is 0.000000123. The minimum absolute atomic E-state index is 0.0169. The minimum Gasteiger partial charge on any atom is -0.458 e. The predicted octanol–water partition coefficient (Wildman–Crippen LogP) is 7.20. The van der Waals surface area contributed by atoms with Crippen molar-refractivity contribution in [1.29, 1.82) is 0 Å². The van der Waals surface area contributed by atoms with Crippen LogP contribution in [0.3, 0.4) is 0 Å². The van der Waals surface area contributed by atoms with Gasteiger partial charge in [-0.15, -0.1) is 0 Å². The van der Waals surface area contributed by atoms with Gasteiger partial charge in [0.15, 0.2) is 5.78 Å². The summed E-state index contributed by atoms with van der Waals surface area (Å²) in [6, 6.07) is 0. The summed E-state index contributed by atoms with van der Waals surface area (Å²) in [5, 5.41) is 9.99. The number of carbonyl (C=O) groups is 4. The van der Waals surface area contributed by atoms with Crippen molar-refractivity contribution in [2.75, 3.05) is 0 Å². The number of hydrogen-bond donors (Lipinski definition) is 1. The van der Waals surface area contributed by atoms with Gasteiger partial charge in [0.1, 0.15) is 18.3 Å². The molecule has 3 aliphatic heterocycles. The molecule has 8 heteroatoms. The normalized spacial score (nSPS) is 41.3. The molecule has 1 N–H and O–H groups in total. The van der Waals surface area contributed by atoms with E-state index in [1.807, 2.05) is 0 Å². The van der Waals surface area contributed by atoms with Crippen molar-refractivity contribution in [2.24, 2.45) is 53.3 Å². The minimum atomic E-state index is -0.497. The molecule has 0 amide bonds. The molecule has 9 aliphatic rings. The van der Waals surface area contributed by atoms with E-state index in [2.05, 4.69) is 59.2 Å². The van der Waals surface area contributed by atoms with Crippen LogP contribution < -0.4 is 0 Å². The molecule has 0 aromatic heterocycles. The SMILES string of the molecule is C=C1C(=O)C[C@H]2C(=C)CC[C@H]3C(=C)C(=O)O[C@@H]3[C@@H]12.C=C1CC[C@H]2C(=C)CC[C@H]3C(=C)C(=O)O[C@@H]3[C@@H]12.C=C1[C@@H]2[C@H]3OC(=O)C(=C)[C@@H]3CCC(=C)[C@@H]2C[C@H]1O. The number of carbonyl (C=O) groups excluding carboxylic acids is 4. The molecule has 9 fully saturated rings. The third kappa shape index (κ3) is 6.11. The van der Waals surface area contributed by atoms with Crippen molar-refractivity contribution >= 4 is 23.7 Å². The number of aliphatic hydroxyl groups is 1. The first kappa shape index (κ1) is 37.0. The van der Waals surface area contributed by atoms with Crippen molar-refractivity contribution in [3.63, 3.8) is 0 Å². The van der Waals surface area contributed by atoms with Crippen LogP contribution in [0.4, 0.5) is 0 Å². The maximum Gasteiger partial charge on any atom is 0.334 e. The number of Topliss-reactive ketones (excluding diaryl/α,β-unsaturated/α-hetero) is 1. The highest BCUT2D eigenvalue weighted by Gasteiger charge is 2.54. The predicted molar refractivity (Wildman–Crippen MR) is 200 cm³/mol. The molecular weight excluding hydrogens is 668 g/mol. The Morgan fingerprint density at radius 3 is 1.36 bits per heavy atom. The number of ether oxygens (including phenoxy) is 3. The monoisotopic (exact) mass is 720 g/mol. The van der Waals surface area contributed by atoms with E-state index in [-0.39, 0.29) is 89.3 Å². The van der Waals surface area contributed by atoms with Gasteiger partial charge in [0.05, 0.1) is 6.10 Å². The second-order valence-electron chi connectivity index (χ2n) is 16.7. The Bertz CT molecular complexity index is 1810. The number of fused-ring (bicyclic) bond motifs is 9. The molecule has 3 heterocycles. The molecule has 3 saturated heterocycles. The maximum absolute atomic E-state index is 11.8. The zero-order valence-corrected chi connectivity index (χ0v) is 30.7. The quantitative estimate of drug-likeness (QED) is 0.121. The number of ketones is 1. The molecule has 0 aromatic rings. The summed E-state index contributed by atoms with van der Waals surface area (Å²) in [6.07, 6.45) is 7.68. The lowest BCUT2D eigenvalue weighted by Gasteiger charge is -2.26. The molecule has 0 bridgehead atoms. The van der Waals surface area contributed by atoms with Crippen molar-refractivity contribution in [2.45, 2.75) is 88.6 Å². The molecule has 8 nitrogen and oxygen atoms in total. The van der Waals surface area contributed by atoms with Crippen LogP contribution in [-0.2, 0) is 33.4 Å². The van der Waals surface area contributed by atoms with Gasteiger partial charge in [0.2, 0.25) is 0 Å². The zero-order valence-electron chi connectivity index (χ0n) is 30.7. The molecule has 0 spiro atoms. The summed E-state index contributed by atoms with van der Waals surface area (Å²) in [4.78, 5) is 46.8. The van der Waals surface area contributed by atoms with Crippen LogP contribution in [-0.4, -0.2) is 53.2 Å². The number of esters is 3. The van der Waals surface area contributed by atoms with E-state index in [4.69, 9.17) is 14.2 Å². The van der Waals surface area contributed by atoms with Crippen LogP contribution in [0.2, 0.25) is 0 Å². The topological polar surface area (TPSA) is 116 Å². The van der Waals surface area contributed by atoms with Crippen LogP contribution >= 0.6 is 0 Å². The summed E-state index contributed by atoms with van der Waals surface area (Å²) >= 11 is 0. The summed E-state index contributed by atoms with van der Waals surface area (Å²) in [5.41, 5.74) is 7.94. The summed E-state index contributed by atoms with van der Waals surface area (Å²) in [5.74, 6) is 0.528. The Morgan fingerprint density at radius 1 is 0.453 bits per heavy atom. The van der Waals surface area contributed by atoms with E-state index in [1.54, 1.807) is 0 Å². The molecule has 9 rings (SSSR count). The number of hydrogen-bond acceptors (Lipinski definition) is 8. The molecule has 280 valence electrons. The molecule has 6 saturated carbocycles. The van der Waals surface area contributed by atoms with Crippen molar-refractivity contribution < 1.29 is 38.5 Å². The van der Waals surface area contributed by atoms with Gasteiger partial charge in [0, 0.05) is 58.6 Å². The number of aliphatic hydroxyl groups excluding tert-OH is 1. The van der Waals surface area contributed by atoms with Crippen molar-refractivity contribution in [1.82, 2.24) is 0 Å². The van der Waals surface area contributed by atoms with E-state index in [0.717, 1.165) is 68.1 Å². The Kier molecular flexibility index (Phi) is 9.67. The molecule has 0 radical (unpaired) electrons. The van der Waals surface area contributed by atoms with Crippen LogP contribution in [0.25, 0.3) is 0 Å². The highest BCUT2D eigenvalue weighted by Crippen LogP contribution is 2.54. The third-order valence-electron chi connectivity index (χ3n) is 14.1. The van der Waals surface area contributed by atoms with Gasteiger partial charge in [-0.2, -0.15) is 0 Å². The van der Waals surface area contributed by atoms with Gasteiger partial charge in [-0.3, -0.25) is 4.79 Å². The Hall–Kier alpha value is -4.30. The largest absolute Gasteiger partial charge is 0.458 e. The second-order valence-corrected chi connectivity index (χ2v) is 16.7. The molecule has 53 heavy (non-hydrogen) atoms. The lowest BCUT2D eigenvalue weighted by Crippen LogP contribution is -2.29. The fraction of sp³-hybridized carbons (Fsp3) is 0.511. The Labute approximate surface area is 312 Å². The number of allylic oxidation sites excluding steroid dienone is 3. The molecule has 6 aliphatic carbocycles. The van der Waals surface area contributed by atoms with Crippen molar-refractivity contribution in [3.8, 4) is 0 Å². The van der Waals surface area contributed by atoms with Gasteiger partial charge in [-0.05, 0) is 86.7 Å². The average Bonchev–Trinajstić information content (AvgIpc) is 3.88. The van der Waals surface area contributed by atoms with Gasteiger partial charge in [-0.1, -0.05) is 81.5 Å². The standard InChI is InChI=1S/C15H18O3.C15H16O3.C15H18O2/c2*1-7-4-5-10-8(2)15(17)18-14(10)13-9(3)12(16)6-11(7)13;1-8-4-7-12-10(3)15(16)17-14(12)13-9(2)5-6-11(8)13/h10-14,16H,1-6H2;10-11,13-14H,1-6H2;11-14H,1-7H2/t10-,11-,12+,13-,14-;10-,11-,13-,14-;11-,12-,13-,14-/m000/s1. The van der Waals surface area contributed by atoms with E-state index in [9.17, 15) is 24.3 Å². The fourth-order valence-electron chi connectivity index (χ4n) is 10.9. The lowest BCUT2D eigenvalue weighted by atomic mass is 9.82. The summed E-state index contributed by atoms with van der Waals surface area (Å²) < 4.78 is 16.5. The van der Waals surface area contributed by atoms with Crippen LogP contribution in [0.5, 0.6) is 0 Å². The summed E-state index contributed by atoms with van der Waals surface area (Å²) in [7, 11) is 0. The first-order valence-corrected chi connectivity index (χ1v) is 19.1. The lowest BCUT2D eigenvalue weighted by molar-refractivity contribution is -0.142. The van der Waals surface area contributed by atoms with Crippen LogP contribution in [0, 0.1) is 53.3 Å². The highest BCUT2D eigenvalue weighted by atomic mass is 16.6. The Morgan fingerprint density at radius 2 is 0.849 bits per heavy atom. The molecular formula is C45H52O8. The van der Waals surface area contributed by atoms with E-state index in [0.29, 0.717) is 41.1 Å². The smallest absolute Gasteiger partial charge is 0.334 e. The van der Waals surface area contributed by atoms with Crippen molar-refractivity contribution in [3.05, 3.63) is 109 Å². The summed E-state index contributed by atoms with van der Waals surface area (Å²) in [6.45, 7) is 36.1. The average molecular weight is 721 g/mol. The van der Waals surface area contributed by atoms with E-state index < -0.39 is 6.10 Å². The van der Waals surface area contributed by atoms with Gasteiger partial charge in [0.25, 0.3) is 0 Å². The van der Waals surface area contributed by atoms with Crippen LogP contribution in [0.15, 0.2) is 109 Å². The zero-order chi connectivity index (χ0) is 38.2. The van der Waals surface area contributed by atoms with Crippen LogP contribution in [0.1, 0.15) is 64.2 Å². The maximum atomic E-state index is 11.8. The first-order chi connectivity index (χ1) is 25.1. The molecule has 0 unspecified atom stereocenters. The van der Waals surface area contributed by atoms with E-state index in [1.165, 1.54) is 11.1 Å². The van der Waals surface area contributed by atoms with Gasteiger partial charge < -0.3 is 19.3 Å². The molecule has 13 atom stereocenters. The van der Waals surface area contributed by atoms with Gasteiger partial charge >= 0.3 is 17.9 Å². The second kappa shape index (κ2) is 13.8.